The van der Waals surface area contributed by atoms with Gasteiger partial charge in [-0.05, 0) is 193 Å². The van der Waals surface area contributed by atoms with Crippen molar-refractivity contribution in [3.63, 3.8) is 0 Å². The maximum absolute atomic E-state index is 11.7. The Hall–Kier alpha value is -8.74. The molecule has 0 aliphatic rings. The van der Waals surface area contributed by atoms with E-state index >= 15 is 0 Å². The number of benzene rings is 9. The Balaban J connectivity index is 0.913. The molecule has 6 heteroatoms. The number of anilines is 6. The third-order valence-electron chi connectivity index (χ3n) is 12.5. The van der Waals surface area contributed by atoms with Crippen LogP contribution in [0.25, 0.3) is 44.3 Å². The summed E-state index contributed by atoms with van der Waals surface area (Å²) in [6.07, 6.45) is 1.71. The third kappa shape index (κ3) is 8.59. The van der Waals surface area contributed by atoms with Gasteiger partial charge < -0.3 is 20.0 Å². The summed E-state index contributed by atoms with van der Waals surface area (Å²) in [5.41, 5.74) is 17.4. The van der Waals surface area contributed by atoms with Crippen molar-refractivity contribution in [3.8, 4) is 45.0 Å². The zero-order valence-electron chi connectivity index (χ0n) is 38.5. The smallest absolute Gasteiger partial charge is 0.126 e. The largest absolute Gasteiger partial charge is 0.507 e. The molecular formula is C62H50N4O2. The van der Waals surface area contributed by atoms with Gasteiger partial charge in [0.1, 0.15) is 11.5 Å². The number of para-hydroxylation sites is 4. The van der Waals surface area contributed by atoms with E-state index in [4.69, 9.17) is 9.98 Å². The van der Waals surface area contributed by atoms with Gasteiger partial charge in [-0.1, -0.05) is 97.1 Å². The number of aryl methyl sites for hydroxylation is 4. The van der Waals surface area contributed by atoms with Gasteiger partial charge in [-0.25, -0.2) is 4.98 Å². The standard InChI is InChI=1S/C62H50N4O2/c1-41-33-53(65(49-21-9-5-10-22-49)50-23-11-6-12-24-50)34-42(2)60(41)46-31-32-55(58(67)38-46)56-29-18-20-48(64-56)40-63-57-30-17-19-45-37-47(39-59(68)62(45)57)61-43(3)35-54(36-44(61)4)66(51-25-13-7-14-26-51)52-27-15-8-16-28-52/h5-40,67-68H,1-4H3. The zero-order valence-corrected chi connectivity index (χ0v) is 38.5. The van der Waals surface area contributed by atoms with Crippen LogP contribution in [0, 0.1) is 27.7 Å². The number of aromatic hydroxyl groups is 2. The van der Waals surface area contributed by atoms with Gasteiger partial charge in [0, 0.05) is 45.1 Å². The number of hydrogen-bond acceptors (Lipinski definition) is 6. The second-order valence-corrected chi connectivity index (χ2v) is 17.2. The SMILES string of the molecule is Cc1cc(N(c2ccccc2)c2ccccc2)cc(C)c1-c1ccc(-c2cccc(C=Nc3cccc4cc(-c5c(C)cc(N(c6ccccc6)c6ccccc6)cc5C)cc(O)c34)n2)c(O)c1. The second-order valence-electron chi connectivity index (χ2n) is 17.2. The van der Waals surface area contributed by atoms with Crippen LogP contribution in [0.15, 0.2) is 217 Å². The molecule has 6 nitrogen and oxygen atoms in total. The number of aromatic nitrogens is 1. The summed E-state index contributed by atoms with van der Waals surface area (Å²) in [4.78, 5) is 14.3. The van der Waals surface area contributed by atoms with Crippen molar-refractivity contribution >= 4 is 56.8 Å². The molecule has 0 amide bonds. The first-order valence-corrected chi connectivity index (χ1v) is 22.8. The van der Waals surface area contributed by atoms with Crippen LogP contribution in [0.1, 0.15) is 27.9 Å². The van der Waals surface area contributed by atoms with E-state index in [1.165, 1.54) is 0 Å². The molecule has 0 unspecified atom stereocenters. The number of fused-ring (bicyclic) bond motifs is 1. The van der Waals surface area contributed by atoms with Crippen molar-refractivity contribution in [2.24, 2.45) is 4.99 Å². The van der Waals surface area contributed by atoms with Crippen LogP contribution in [0.4, 0.5) is 39.8 Å². The van der Waals surface area contributed by atoms with Gasteiger partial charge in [-0.2, -0.15) is 0 Å². The Kier molecular flexibility index (Phi) is 11.8. The molecule has 0 radical (unpaired) electrons. The number of phenolic OH excluding ortho intramolecular Hbond substituents is 2. The molecule has 0 atom stereocenters. The minimum Gasteiger partial charge on any atom is -0.507 e. The lowest BCUT2D eigenvalue weighted by Gasteiger charge is -2.27. The first-order valence-electron chi connectivity index (χ1n) is 22.8. The van der Waals surface area contributed by atoms with Crippen LogP contribution in [-0.4, -0.2) is 21.4 Å². The van der Waals surface area contributed by atoms with E-state index in [0.29, 0.717) is 28.0 Å². The van der Waals surface area contributed by atoms with Crippen LogP contribution in [0.2, 0.25) is 0 Å². The third-order valence-corrected chi connectivity index (χ3v) is 12.5. The molecule has 0 bridgehead atoms. The summed E-state index contributed by atoms with van der Waals surface area (Å²) in [6.45, 7) is 8.50. The van der Waals surface area contributed by atoms with Gasteiger partial charge in [0.25, 0.3) is 0 Å². The fraction of sp³-hybridized carbons (Fsp3) is 0.0645. The quantitative estimate of drug-likeness (QED) is 0.127. The van der Waals surface area contributed by atoms with Crippen LogP contribution >= 0.6 is 0 Å². The summed E-state index contributed by atoms with van der Waals surface area (Å²) in [7, 11) is 0. The Morgan fingerprint density at radius 3 is 1.35 bits per heavy atom. The van der Waals surface area contributed by atoms with Gasteiger partial charge in [0.2, 0.25) is 0 Å². The van der Waals surface area contributed by atoms with Crippen molar-refractivity contribution in [3.05, 3.63) is 240 Å². The molecule has 10 aromatic rings. The summed E-state index contributed by atoms with van der Waals surface area (Å²) in [5.74, 6) is 0.293. The number of hydrogen-bond donors (Lipinski definition) is 2. The highest BCUT2D eigenvalue weighted by Crippen LogP contribution is 2.44. The second kappa shape index (κ2) is 18.6. The molecule has 0 saturated carbocycles. The molecule has 0 saturated heterocycles. The summed E-state index contributed by atoms with van der Waals surface area (Å²) in [6, 6.07) is 71.8. The number of nitrogens with zero attached hydrogens (tertiary/aromatic N) is 4. The van der Waals surface area contributed by atoms with Gasteiger partial charge in [-0.15, -0.1) is 0 Å². The first-order chi connectivity index (χ1) is 33.2. The Bertz CT molecular complexity index is 3340. The first kappa shape index (κ1) is 43.2. The maximum Gasteiger partial charge on any atom is 0.126 e. The zero-order chi connectivity index (χ0) is 46.7. The highest BCUT2D eigenvalue weighted by molar-refractivity contribution is 6.02. The monoisotopic (exact) mass is 882 g/mol. The lowest BCUT2D eigenvalue weighted by Crippen LogP contribution is -2.10. The molecule has 1 aromatic heterocycles. The number of phenols is 2. The van der Waals surface area contributed by atoms with E-state index in [2.05, 4.69) is 165 Å². The van der Waals surface area contributed by atoms with Crippen molar-refractivity contribution in [1.82, 2.24) is 4.98 Å². The van der Waals surface area contributed by atoms with E-state index < -0.39 is 0 Å². The van der Waals surface area contributed by atoms with Crippen LogP contribution < -0.4 is 9.80 Å². The van der Waals surface area contributed by atoms with E-state index in [1.807, 2.05) is 84.9 Å². The molecule has 10 rings (SSSR count). The number of pyridine rings is 1. The average molecular weight is 883 g/mol. The predicted octanol–water partition coefficient (Wildman–Crippen LogP) is 16.6. The van der Waals surface area contributed by atoms with E-state index in [0.717, 1.165) is 84.0 Å². The lowest BCUT2D eigenvalue weighted by molar-refractivity contribution is 0.477. The normalized spacial score (nSPS) is 11.3. The molecule has 2 N–H and O–H groups in total. The minimum atomic E-state index is 0.141. The highest BCUT2D eigenvalue weighted by Gasteiger charge is 2.19. The molecule has 330 valence electrons. The van der Waals surface area contributed by atoms with Crippen molar-refractivity contribution in [1.29, 1.82) is 0 Å². The van der Waals surface area contributed by atoms with E-state index in [9.17, 15) is 10.2 Å². The highest BCUT2D eigenvalue weighted by atomic mass is 16.3. The summed E-state index contributed by atoms with van der Waals surface area (Å²) in [5, 5.41) is 24.8. The molecule has 0 aliphatic heterocycles. The van der Waals surface area contributed by atoms with Crippen molar-refractivity contribution in [2.45, 2.75) is 27.7 Å². The van der Waals surface area contributed by atoms with E-state index in [1.54, 1.807) is 6.21 Å². The van der Waals surface area contributed by atoms with Gasteiger partial charge in [0.15, 0.2) is 0 Å². The van der Waals surface area contributed by atoms with Crippen LogP contribution in [0.5, 0.6) is 11.5 Å². The summed E-state index contributed by atoms with van der Waals surface area (Å²) < 4.78 is 0. The molecule has 0 spiro atoms. The van der Waals surface area contributed by atoms with Crippen molar-refractivity contribution < 1.29 is 10.2 Å². The molecule has 0 aliphatic carbocycles. The van der Waals surface area contributed by atoms with Gasteiger partial charge in [-0.3, -0.25) is 4.99 Å². The average Bonchev–Trinajstić information content (AvgIpc) is 3.34. The van der Waals surface area contributed by atoms with Gasteiger partial charge >= 0.3 is 0 Å². The fourth-order valence-corrected chi connectivity index (χ4v) is 9.60. The Morgan fingerprint density at radius 2 is 0.868 bits per heavy atom. The molecule has 1 heterocycles. The van der Waals surface area contributed by atoms with E-state index in [-0.39, 0.29) is 11.5 Å². The minimum absolute atomic E-state index is 0.141. The molecule has 68 heavy (non-hydrogen) atoms. The fourth-order valence-electron chi connectivity index (χ4n) is 9.60. The van der Waals surface area contributed by atoms with Crippen molar-refractivity contribution in [2.75, 3.05) is 9.80 Å². The van der Waals surface area contributed by atoms with Crippen LogP contribution in [-0.2, 0) is 0 Å². The molecular weight excluding hydrogens is 833 g/mol. The maximum atomic E-state index is 11.7. The van der Waals surface area contributed by atoms with Crippen LogP contribution in [0.3, 0.4) is 0 Å². The number of aliphatic imine (C=N–C) groups is 1. The predicted molar refractivity (Wildman–Crippen MR) is 283 cm³/mol. The lowest BCUT2D eigenvalue weighted by atomic mass is 9.92. The molecule has 0 fully saturated rings. The Morgan fingerprint density at radius 1 is 0.412 bits per heavy atom. The number of rotatable bonds is 11. The van der Waals surface area contributed by atoms with Gasteiger partial charge in [0.05, 0.1) is 23.3 Å². The molecule has 9 aromatic carbocycles. The Labute approximate surface area is 398 Å². The topological polar surface area (TPSA) is 72.2 Å². The summed E-state index contributed by atoms with van der Waals surface area (Å²) >= 11 is 0.